The van der Waals surface area contributed by atoms with E-state index in [1.807, 2.05) is 32.0 Å². The average molecular weight is 222 g/mol. The van der Waals surface area contributed by atoms with Crippen molar-refractivity contribution < 1.29 is 14.6 Å². The topological polar surface area (TPSA) is 46.5 Å². The van der Waals surface area contributed by atoms with E-state index in [2.05, 4.69) is 0 Å². The second kappa shape index (κ2) is 5.66. The van der Waals surface area contributed by atoms with Crippen LogP contribution < -0.4 is 4.74 Å². The van der Waals surface area contributed by atoms with Crippen LogP contribution in [-0.2, 0) is 4.79 Å². The second-order valence-electron chi connectivity index (χ2n) is 4.60. The summed E-state index contributed by atoms with van der Waals surface area (Å²) in [6, 6.07) is 9.00. The molecule has 1 rings (SSSR count). The van der Waals surface area contributed by atoms with Crippen LogP contribution >= 0.6 is 0 Å². The fourth-order valence-corrected chi connectivity index (χ4v) is 1.44. The van der Waals surface area contributed by atoms with Crippen LogP contribution in [0.4, 0.5) is 0 Å². The molecule has 0 atom stereocenters. The summed E-state index contributed by atoms with van der Waals surface area (Å²) in [5.41, 5.74) is -0.222. The number of ether oxygens (including phenoxy) is 1. The van der Waals surface area contributed by atoms with Gasteiger partial charge in [0, 0.05) is 6.61 Å². The van der Waals surface area contributed by atoms with Crippen LogP contribution in [0.1, 0.15) is 26.7 Å². The molecule has 3 heteroatoms. The molecule has 0 aliphatic rings. The molecule has 0 aromatic heterocycles. The van der Waals surface area contributed by atoms with E-state index >= 15 is 0 Å². The SMILES string of the molecule is CC(C)(CCO)CC(=O)Oc1ccccc1. The van der Waals surface area contributed by atoms with Gasteiger partial charge in [0.1, 0.15) is 5.75 Å². The Bertz CT molecular complexity index is 330. The highest BCUT2D eigenvalue weighted by molar-refractivity contribution is 5.73. The number of carbonyl (C=O) groups is 1. The Kier molecular flexibility index (Phi) is 4.50. The lowest BCUT2D eigenvalue weighted by molar-refractivity contribution is -0.136. The summed E-state index contributed by atoms with van der Waals surface area (Å²) in [5, 5.41) is 8.85. The Morgan fingerprint density at radius 1 is 1.31 bits per heavy atom. The van der Waals surface area contributed by atoms with E-state index in [4.69, 9.17) is 9.84 Å². The van der Waals surface area contributed by atoms with Crippen LogP contribution in [0.15, 0.2) is 30.3 Å². The molecule has 0 bridgehead atoms. The Morgan fingerprint density at radius 2 is 1.94 bits per heavy atom. The predicted molar refractivity (Wildman–Crippen MR) is 62.2 cm³/mol. The van der Waals surface area contributed by atoms with Crippen LogP contribution in [0.2, 0.25) is 0 Å². The van der Waals surface area contributed by atoms with Crippen molar-refractivity contribution in [3.63, 3.8) is 0 Å². The zero-order chi connectivity index (χ0) is 12.0. The number of hydrogen-bond acceptors (Lipinski definition) is 3. The van der Waals surface area contributed by atoms with Crippen molar-refractivity contribution in [3.8, 4) is 5.75 Å². The lowest BCUT2D eigenvalue weighted by Crippen LogP contribution is -2.21. The first-order valence-corrected chi connectivity index (χ1v) is 5.40. The highest BCUT2D eigenvalue weighted by Crippen LogP contribution is 2.25. The van der Waals surface area contributed by atoms with E-state index in [9.17, 15) is 4.79 Å². The van der Waals surface area contributed by atoms with Gasteiger partial charge in [-0.15, -0.1) is 0 Å². The van der Waals surface area contributed by atoms with Crippen molar-refractivity contribution in [2.45, 2.75) is 26.7 Å². The van der Waals surface area contributed by atoms with Gasteiger partial charge < -0.3 is 9.84 Å². The molecule has 0 unspecified atom stereocenters. The average Bonchev–Trinajstić information content (AvgIpc) is 2.17. The van der Waals surface area contributed by atoms with Gasteiger partial charge >= 0.3 is 5.97 Å². The molecule has 0 fully saturated rings. The van der Waals surface area contributed by atoms with Crippen molar-refractivity contribution in [3.05, 3.63) is 30.3 Å². The third kappa shape index (κ3) is 4.45. The van der Waals surface area contributed by atoms with Gasteiger partial charge in [0.15, 0.2) is 0 Å². The predicted octanol–water partition coefficient (Wildman–Crippen LogP) is 2.39. The van der Waals surface area contributed by atoms with Crippen LogP contribution in [0.25, 0.3) is 0 Å². The third-order valence-electron chi connectivity index (χ3n) is 2.39. The highest BCUT2D eigenvalue weighted by Gasteiger charge is 2.22. The molecule has 1 aromatic rings. The molecule has 0 heterocycles. The molecule has 0 spiro atoms. The lowest BCUT2D eigenvalue weighted by atomic mass is 9.86. The third-order valence-corrected chi connectivity index (χ3v) is 2.39. The fraction of sp³-hybridized carbons (Fsp3) is 0.462. The molecule has 1 aromatic carbocycles. The van der Waals surface area contributed by atoms with E-state index in [1.54, 1.807) is 12.1 Å². The number of benzene rings is 1. The zero-order valence-electron chi connectivity index (χ0n) is 9.77. The summed E-state index contributed by atoms with van der Waals surface area (Å²) < 4.78 is 5.18. The molecular weight excluding hydrogens is 204 g/mol. The van der Waals surface area contributed by atoms with Gasteiger partial charge in [0.05, 0.1) is 6.42 Å². The zero-order valence-corrected chi connectivity index (χ0v) is 9.77. The smallest absolute Gasteiger partial charge is 0.311 e. The molecule has 0 aliphatic carbocycles. The summed E-state index contributed by atoms with van der Waals surface area (Å²) in [5.74, 6) is 0.303. The van der Waals surface area contributed by atoms with Crippen LogP contribution in [0, 0.1) is 5.41 Å². The molecule has 0 aliphatic heterocycles. The Hall–Kier alpha value is -1.35. The van der Waals surface area contributed by atoms with E-state index in [-0.39, 0.29) is 18.0 Å². The van der Waals surface area contributed by atoms with Gasteiger partial charge in [-0.3, -0.25) is 4.79 Å². The standard InChI is InChI=1S/C13H18O3/c1-13(2,8-9-14)10-12(15)16-11-6-4-3-5-7-11/h3-7,14H,8-10H2,1-2H3. The summed E-state index contributed by atoms with van der Waals surface area (Å²) in [4.78, 5) is 11.6. The van der Waals surface area contributed by atoms with Gasteiger partial charge in [0.25, 0.3) is 0 Å². The number of rotatable bonds is 5. The van der Waals surface area contributed by atoms with Crippen molar-refractivity contribution in [1.29, 1.82) is 0 Å². The summed E-state index contributed by atoms with van der Waals surface area (Å²) in [6.07, 6.45) is 0.902. The number of aliphatic hydroxyl groups is 1. The van der Waals surface area contributed by atoms with Crippen LogP contribution in [0.5, 0.6) is 5.75 Å². The van der Waals surface area contributed by atoms with E-state index in [0.717, 1.165) is 0 Å². The Balaban J connectivity index is 2.48. The quantitative estimate of drug-likeness (QED) is 0.614. The first kappa shape index (κ1) is 12.7. The lowest BCUT2D eigenvalue weighted by Gasteiger charge is -2.21. The molecule has 16 heavy (non-hydrogen) atoms. The molecule has 0 saturated carbocycles. The molecule has 1 N–H and O–H groups in total. The Labute approximate surface area is 96.1 Å². The Morgan fingerprint density at radius 3 is 2.50 bits per heavy atom. The summed E-state index contributed by atoms with van der Waals surface area (Å²) in [7, 11) is 0. The van der Waals surface area contributed by atoms with Gasteiger partial charge in [0.2, 0.25) is 0 Å². The maximum atomic E-state index is 11.6. The maximum Gasteiger partial charge on any atom is 0.311 e. The van der Waals surface area contributed by atoms with Crippen molar-refractivity contribution in [2.24, 2.45) is 5.41 Å². The van der Waals surface area contributed by atoms with Crippen molar-refractivity contribution >= 4 is 5.97 Å². The van der Waals surface area contributed by atoms with Gasteiger partial charge in [-0.1, -0.05) is 32.0 Å². The second-order valence-corrected chi connectivity index (χ2v) is 4.60. The van der Waals surface area contributed by atoms with E-state index in [0.29, 0.717) is 18.6 Å². The normalized spacial score (nSPS) is 11.2. The minimum Gasteiger partial charge on any atom is -0.427 e. The fourth-order valence-electron chi connectivity index (χ4n) is 1.44. The molecule has 0 saturated heterocycles. The van der Waals surface area contributed by atoms with Crippen LogP contribution in [-0.4, -0.2) is 17.7 Å². The van der Waals surface area contributed by atoms with E-state index in [1.165, 1.54) is 0 Å². The van der Waals surface area contributed by atoms with Gasteiger partial charge in [-0.25, -0.2) is 0 Å². The first-order chi connectivity index (χ1) is 7.53. The summed E-state index contributed by atoms with van der Waals surface area (Å²) in [6.45, 7) is 3.97. The monoisotopic (exact) mass is 222 g/mol. The number of para-hydroxylation sites is 1. The molecule has 0 radical (unpaired) electrons. The number of carbonyl (C=O) groups excluding carboxylic acids is 1. The van der Waals surface area contributed by atoms with E-state index < -0.39 is 0 Å². The van der Waals surface area contributed by atoms with Crippen molar-refractivity contribution in [2.75, 3.05) is 6.61 Å². The molecule has 88 valence electrons. The minimum atomic E-state index is -0.260. The van der Waals surface area contributed by atoms with Crippen molar-refractivity contribution in [1.82, 2.24) is 0 Å². The van der Waals surface area contributed by atoms with Gasteiger partial charge in [-0.2, -0.15) is 0 Å². The maximum absolute atomic E-state index is 11.6. The van der Waals surface area contributed by atoms with Crippen LogP contribution in [0.3, 0.4) is 0 Å². The largest absolute Gasteiger partial charge is 0.427 e. The minimum absolute atomic E-state index is 0.0889. The summed E-state index contributed by atoms with van der Waals surface area (Å²) >= 11 is 0. The molecule has 3 nitrogen and oxygen atoms in total. The first-order valence-electron chi connectivity index (χ1n) is 5.40. The number of aliphatic hydroxyl groups excluding tert-OH is 1. The molecular formula is C13H18O3. The molecule has 0 amide bonds. The number of esters is 1. The number of hydrogen-bond donors (Lipinski definition) is 1. The van der Waals surface area contributed by atoms with Gasteiger partial charge in [-0.05, 0) is 24.0 Å². The highest BCUT2D eigenvalue weighted by atomic mass is 16.5.